The van der Waals surface area contributed by atoms with E-state index >= 15 is 0 Å². The average Bonchev–Trinajstić information content (AvgIpc) is 2.69. The van der Waals surface area contributed by atoms with E-state index in [1.807, 2.05) is 17.0 Å². The fourth-order valence-corrected chi connectivity index (χ4v) is 3.73. The molecule has 0 aliphatic carbocycles. The minimum absolute atomic E-state index is 0.0452. The van der Waals surface area contributed by atoms with Crippen molar-refractivity contribution in [2.24, 2.45) is 5.41 Å². The predicted octanol–water partition coefficient (Wildman–Crippen LogP) is 3.77. The number of rotatable bonds is 4. The lowest BCUT2D eigenvalue weighted by Gasteiger charge is -2.34. The van der Waals surface area contributed by atoms with Crippen molar-refractivity contribution in [3.8, 4) is 0 Å². The van der Waals surface area contributed by atoms with Crippen LogP contribution in [-0.4, -0.2) is 24.0 Å². The van der Waals surface area contributed by atoms with Crippen LogP contribution in [0.5, 0.6) is 0 Å². The van der Waals surface area contributed by atoms with Gasteiger partial charge in [-0.25, -0.2) is 0 Å². The summed E-state index contributed by atoms with van der Waals surface area (Å²) in [6.07, 6.45) is 1.98. The van der Waals surface area contributed by atoms with Crippen LogP contribution in [-0.2, 0) is 11.2 Å². The zero-order chi connectivity index (χ0) is 16.5. The van der Waals surface area contributed by atoms with Crippen molar-refractivity contribution in [3.05, 3.63) is 29.8 Å². The fourth-order valence-electron chi connectivity index (χ4n) is 3.73. The van der Waals surface area contributed by atoms with Gasteiger partial charge in [-0.15, -0.1) is 0 Å². The van der Waals surface area contributed by atoms with Gasteiger partial charge in [-0.05, 0) is 50.7 Å². The molecule has 1 aliphatic rings. The molecular weight excluding hydrogens is 272 g/mol. The Balaban J connectivity index is 2.01. The zero-order valence-corrected chi connectivity index (χ0v) is 14.9. The van der Waals surface area contributed by atoms with Gasteiger partial charge < -0.3 is 10.2 Å². The van der Waals surface area contributed by atoms with Gasteiger partial charge in [0.25, 0.3) is 0 Å². The Morgan fingerprint density at radius 1 is 1.23 bits per heavy atom. The third kappa shape index (κ3) is 4.10. The summed E-state index contributed by atoms with van der Waals surface area (Å²) in [5.74, 6) is 0.166. The second-order valence-electron chi connectivity index (χ2n) is 8.42. The van der Waals surface area contributed by atoms with Gasteiger partial charge in [-0.3, -0.25) is 4.79 Å². The minimum atomic E-state index is -0.0452. The summed E-state index contributed by atoms with van der Waals surface area (Å²) in [5, 5.41) is 3.45. The molecule has 0 bridgehead atoms. The normalized spacial score (nSPS) is 18.5. The lowest BCUT2D eigenvalue weighted by atomic mass is 9.82. The first-order valence-corrected chi connectivity index (χ1v) is 8.24. The van der Waals surface area contributed by atoms with E-state index in [0.29, 0.717) is 6.54 Å². The molecule has 22 heavy (non-hydrogen) atoms. The van der Waals surface area contributed by atoms with Crippen molar-refractivity contribution in [1.29, 1.82) is 0 Å². The van der Waals surface area contributed by atoms with Crippen molar-refractivity contribution in [2.45, 2.75) is 66.0 Å². The number of hydrogen-bond acceptors (Lipinski definition) is 2. The summed E-state index contributed by atoms with van der Waals surface area (Å²) >= 11 is 0. The van der Waals surface area contributed by atoms with Crippen molar-refractivity contribution in [2.75, 3.05) is 11.4 Å². The second kappa shape index (κ2) is 6.04. The Morgan fingerprint density at radius 2 is 1.86 bits per heavy atom. The average molecular weight is 302 g/mol. The highest BCUT2D eigenvalue weighted by Crippen LogP contribution is 2.32. The molecule has 3 heteroatoms. The molecule has 3 nitrogen and oxygen atoms in total. The van der Waals surface area contributed by atoms with Crippen LogP contribution in [0.1, 0.15) is 53.5 Å². The fraction of sp³-hybridized carbons (Fsp3) is 0.632. The zero-order valence-electron chi connectivity index (χ0n) is 14.9. The summed E-state index contributed by atoms with van der Waals surface area (Å²) in [6, 6.07) is 8.48. The van der Waals surface area contributed by atoms with Crippen molar-refractivity contribution in [1.82, 2.24) is 5.32 Å². The standard InChI is InChI=1S/C19H30N2O/c1-14-11-15-9-7-8-10-16(15)21(14)17(22)12-20-19(5,6)13-18(2,3)4/h7-10,14,20H,11-13H2,1-6H3. The van der Waals surface area contributed by atoms with Gasteiger partial charge in [0, 0.05) is 17.3 Å². The molecule has 0 fully saturated rings. The monoisotopic (exact) mass is 302 g/mol. The molecule has 1 unspecified atom stereocenters. The molecule has 0 aromatic heterocycles. The van der Waals surface area contributed by atoms with E-state index in [0.717, 1.165) is 18.5 Å². The van der Waals surface area contributed by atoms with Crippen LogP contribution in [0.2, 0.25) is 0 Å². The van der Waals surface area contributed by atoms with Crippen molar-refractivity contribution in [3.63, 3.8) is 0 Å². The Labute approximate surface area is 135 Å². The predicted molar refractivity (Wildman–Crippen MR) is 93.2 cm³/mol. The van der Waals surface area contributed by atoms with E-state index in [9.17, 15) is 4.79 Å². The quantitative estimate of drug-likeness (QED) is 0.918. The first-order valence-electron chi connectivity index (χ1n) is 8.24. The molecule has 1 aliphatic heterocycles. The number of para-hydroxylation sites is 1. The summed E-state index contributed by atoms with van der Waals surface area (Å²) < 4.78 is 0. The lowest BCUT2D eigenvalue weighted by molar-refractivity contribution is -0.118. The minimum Gasteiger partial charge on any atom is -0.308 e. The number of fused-ring (bicyclic) bond motifs is 1. The topological polar surface area (TPSA) is 32.3 Å². The van der Waals surface area contributed by atoms with Crippen LogP contribution in [0.25, 0.3) is 0 Å². The highest BCUT2D eigenvalue weighted by atomic mass is 16.2. The van der Waals surface area contributed by atoms with Crippen LogP contribution in [0.3, 0.4) is 0 Å². The van der Waals surface area contributed by atoms with Gasteiger partial charge in [-0.2, -0.15) is 0 Å². The highest BCUT2D eigenvalue weighted by molar-refractivity contribution is 5.97. The van der Waals surface area contributed by atoms with E-state index in [4.69, 9.17) is 0 Å². The third-order valence-electron chi connectivity index (χ3n) is 4.17. The van der Waals surface area contributed by atoms with E-state index in [-0.39, 0.29) is 22.9 Å². The molecule has 1 heterocycles. The van der Waals surface area contributed by atoms with Crippen molar-refractivity contribution < 1.29 is 4.79 Å². The second-order valence-corrected chi connectivity index (χ2v) is 8.42. The Kier molecular flexibility index (Phi) is 4.67. The maximum Gasteiger partial charge on any atom is 0.241 e. The number of benzene rings is 1. The molecule has 1 atom stereocenters. The summed E-state index contributed by atoms with van der Waals surface area (Å²) in [6.45, 7) is 13.6. The van der Waals surface area contributed by atoms with E-state index < -0.39 is 0 Å². The Morgan fingerprint density at radius 3 is 2.50 bits per heavy atom. The molecule has 1 aromatic rings. The largest absolute Gasteiger partial charge is 0.308 e. The molecular formula is C19H30N2O. The third-order valence-corrected chi connectivity index (χ3v) is 4.17. The molecule has 2 rings (SSSR count). The molecule has 1 amide bonds. The molecule has 1 aromatic carbocycles. The van der Waals surface area contributed by atoms with Crippen LogP contribution < -0.4 is 10.2 Å². The molecule has 0 radical (unpaired) electrons. The van der Waals surface area contributed by atoms with Crippen molar-refractivity contribution >= 4 is 11.6 Å². The molecule has 0 saturated heterocycles. The maximum atomic E-state index is 12.7. The van der Waals surface area contributed by atoms with Crippen LogP contribution in [0.4, 0.5) is 5.69 Å². The number of nitrogens with one attached hydrogen (secondary N) is 1. The molecule has 0 spiro atoms. The first-order chi connectivity index (χ1) is 10.1. The van der Waals surface area contributed by atoms with Crippen LogP contribution in [0.15, 0.2) is 24.3 Å². The van der Waals surface area contributed by atoms with Gasteiger partial charge in [0.1, 0.15) is 0 Å². The molecule has 0 saturated carbocycles. The van der Waals surface area contributed by atoms with Gasteiger partial charge >= 0.3 is 0 Å². The summed E-state index contributed by atoms with van der Waals surface area (Å²) in [7, 11) is 0. The van der Waals surface area contributed by atoms with Gasteiger partial charge in [0.15, 0.2) is 0 Å². The van der Waals surface area contributed by atoms with Crippen LogP contribution in [0, 0.1) is 5.41 Å². The Hall–Kier alpha value is -1.35. The maximum absolute atomic E-state index is 12.7. The number of nitrogens with zero attached hydrogens (tertiary/aromatic N) is 1. The Bertz CT molecular complexity index is 543. The number of carbonyl (C=O) groups excluding carboxylic acids is 1. The SMILES string of the molecule is CC1Cc2ccccc2N1C(=O)CNC(C)(C)CC(C)(C)C. The first kappa shape index (κ1) is 17.0. The highest BCUT2D eigenvalue weighted by Gasteiger charge is 2.32. The number of anilines is 1. The summed E-state index contributed by atoms with van der Waals surface area (Å²) in [5.41, 5.74) is 2.55. The number of amides is 1. The van der Waals surface area contributed by atoms with Gasteiger partial charge in [0.2, 0.25) is 5.91 Å². The lowest BCUT2D eigenvalue weighted by Crippen LogP contribution is -2.49. The number of hydrogen-bond donors (Lipinski definition) is 1. The number of carbonyl (C=O) groups is 1. The molecule has 122 valence electrons. The smallest absolute Gasteiger partial charge is 0.241 e. The van der Waals surface area contributed by atoms with Gasteiger partial charge in [-0.1, -0.05) is 39.0 Å². The van der Waals surface area contributed by atoms with E-state index in [1.165, 1.54) is 5.56 Å². The van der Waals surface area contributed by atoms with E-state index in [2.05, 4.69) is 59.0 Å². The van der Waals surface area contributed by atoms with Gasteiger partial charge in [0.05, 0.1) is 6.54 Å². The molecule has 1 N–H and O–H groups in total. The summed E-state index contributed by atoms with van der Waals surface area (Å²) in [4.78, 5) is 14.6. The van der Waals surface area contributed by atoms with E-state index in [1.54, 1.807) is 0 Å². The van der Waals surface area contributed by atoms with Crippen LogP contribution >= 0.6 is 0 Å².